The molecule has 2 aromatic rings. The summed E-state index contributed by atoms with van der Waals surface area (Å²) in [7, 11) is -3.69. The number of hydrogen-bond donors (Lipinski definition) is 1. The highest BCUT2D eigenvalue weighted by atomic mass is 32.2. The van der Waals surface area contributed by atoms with E-state index in [9.17, 15) is 8.42 Å². The van der Waals surface area contributed by atoms with Crippen LogP contribution in [0.5, 0.6) is 0 Å². The highest BCUT2D eigenvalue weighted by Gasteiger charge is 2.15. The normalized spacial score (nSPS) is 11.3. The lowest BCUT2D eigenvalue weighted by molar-refractivity contribution is 0.392. The van der Waals surface area contributed by atoms with Gasteiger partial charge in [-0.25, -0.2) is 13.6 Å². The van der Waals surface area contributed by atoms with Crippen LogP contribution in [0.3, 0.4) is 0 Å². The van der Waals surface area contributed by atoms with Crippen LogP contribution in [0.15, 0.2) is 58.0 Å². The van der Waals surface area contributed by atoms with Crippen molar-refractivity contribution in [2.75, 3.05) is 0 Å². The highest BCUT2D eigenvalue weighted by molar-refractivity contribution is 7.89. The predicted molar refractivity (Wildman–Crippen MR) is 100 cm³/mol. The lowest BCUT2D eigenvalue weighted by Gasteiger charge is -2.03. The molecule has 0 aliphatic rings. The minimum Gasteiger partial charge on any atom is -0.361 e. The van der Waals surface area contributed by atoms with E-state index < -0.39 is 10.0 Å². The molecule has 0 radical (unpaired) electrons. The summed E-state index contributed by atoms with van der Waals surface area (Å²) < 4.78 is 27.9. The molecule has 0 amide bonds. The second-order valence-electron chi connectivity index (χ2n) is 5.08. The molecular formula is C19H22N2O3S. The molecule has 0 unspecified atom stereocenters. The van der Waals surface area contributed by atoms with Crippen molar-refractivity contribution >= 4 is 10.0 Å². The molecule has 5 nitrogen and oxygen atoms in total. The number of hydrogen-bond acceptors (Lipinski definition) is 4. The molecule has 6 heteroatoms. The standard InChI is InChI=1S/C16H18N2O3S.C3H4/c1-3-4-5-6-7-15-16(12(2)21-18-15)13-8-10-14(11-9-13)22(17,19)20;1-3-2/h3-6,8-11H,7H2,1-2H3,(H2,17,19,20);1H,2H3/b4-3-,6-5-;. The van der Waals surface area contributed by atoms with Crippen LogP contribution >= 0.6 is 0 Å². The summed E-state index contributed by atoms with van der Waals surface area (Å²) in [4.78, 5) is 0.0832. The molecule has 1 aromatic carbocycles. The maximum atomic E-state index is 11.3. The summed E-state index contributed by atoms with van der Waals surface area (Å²) in [5.74, 6) is 2.94. The van der Waals surface area contributed by atoms with Gasteiger partial charge in [0.2, 0.25) is 10.0 Å². The number of terminal acetylenes is 1. The number of primary sulfonamides is 1. The molecule has 132 valence electrons. The first-order valence-electron chi connectivity index (χ1n) is 7.58. The molecule has 25 heavy (non-hydrogen) atoms. The Bertz CT molecular complexity index is 884. The van der Waals surface area contributed by atoms with Crippen LogP contribution < -0.4 is 5.14 Å². The Labute approximate surface area is 149 Å². The zero-order valence-electron chi connectivity index (χ0n) is 14.6. The molecule has 1 heterocycles. The SMILES string of the molecule is C#CC.C/C=C\C=C/Cc1noc(C)c1-c1ccc(S(N)(=O)=O)cc1. The van der Waals surface area contributed by atoms with Crippen molar-refractivity contribution in [2.24, 2.45) is 5.14 Å². The van der Waals surface area contributed by atoms with Crippen molar-refractivity contribution in [1.29, 1.82) is 0 Å². The maximum absolute atomic E-state index is 11.3. The minimum atomic E-state index is -3.69. The first kappa shape index (κ1) is 20.4. The molecular weight excluding hydrogens is 336 g/mol. The van der Waals surface area contributed by atoms with Gasteiger partial charge in [-0.05, 0) is 38.5 Å². The lowest BCUT2D eigenvalue weighted by Crippen LogP contribution is -2.11. The molecule has 0 fully saturated rings. The zero-order chi connectivity index (χ0) is 18.9. The molecule has 2 N–H and O–H groups in total. The first-order valence-corrected chi connectivity index (χ1v) is 9.13. The number of rotatable bonds is 5. The molecule has 0 aliphatic carbocycles. The van der Waals surface area contributed by atoms with Gasteiger partial charge in [-0.15, -0.1) is 12.3 Å². The van der Waals surface area contributed by atoms with Crippen molar-refractivity contribution in [2.45, 2.75) is 32.1 Å². The van der Waals surface area contributed by atoms with E-state index in [1.807, 2.05) is 38.2 Å². The largest absolute Gasteiger partial charge is 0.361 e. The van der Waals surface area contributed by atoms with E-state index in [2.05, 4.69) is 17.5 Å². The van der Waals surface area contributed by atoms with Gasteiger partial charge in [0.05, 0.1) is 10.6 Å². The van der Waals surface area contributed by atoms with E-state index >= 15 is 0 Å². The topological polar surface area (TPSA) is 86.2 Å². The fraction of sp³-hybridized carbons (Fsp3) is 0.211. The van der Waals surface area contributed by atoms with E-state index in [0.29, 0.717) is 12.2 Å². The summed E-state index contributed by atoms with van der Waals surface area (Å²) in [6.45, 7) is 5.43. The predicted octanol–water partition coefficient (Wildman–Crippen LogP) is 3.61. The van der Waals surface area contributed by atoms with E-state index in [4.69, 9.17) is 9.66 Å². The second kappa shape index (κ2) is 9.62. The van der Waals surface area contributed by atoms with Crippen molar-refractivity contribution in [3.8, 4) is 23.5 Å². The van der Waals surface area contributed by atoms with Gasteiger partial charge >= 0.3 is 0 Å². The molecule has 0 bridgehead atoms. The summed E-state index contributed by atoms with van der Waals surface area (Å²) >= 11 is 0. The van der Waals surface area contributed by atoms with Crippen LogP contribution in [0.4, 0.5) is 0 Å². The Balaban J connectivity index is 0.000000970. The van der Waals surface area contributed by atoms with Gasteiger partial charge in [0.1, 0.15) is 5.76 Å². The van der Waals surface area contributed by atoms with E-state index in [-0.39, 0.29) is 4.90 Å². The van der Waals surface area contributed by atoms with E-state index in [1.54, 1.807) is 19.1 Å². The maximum Gasteiger partial charge on any atom is 0.238 e. The Hall–Kier alpha value is -2.62. The van der Waals surface area contributed by atoms with Crippen LogP contribution in [-0.2, 0) is 16.4 Å². The number of allylic oxidation sites excluding steroid dienone is 4. The Morgan fingerprint density at radius 2 is 1.88 bits per heavy atom. The van der Waals surface area contributed by atoms with Crippen LogP contribution in [0.25, 0.3) is 11.1 Å². The molecule has 0 saturated carbocycles. The minimum absolute atomic E-state index is 0.0832. The summed E-state index contributed by atoms with van der Waals surface area (Å²) in [5.41, 5.74) is 2.54. The smallest absolute Gasteiger partial charge is 0.238 e. The molecule has 0 spiro atoms. The Morgan fingerprint density at radius 3 is 2.40 bits per heavy atom. The fourth-order valence-corrected chi connectivity index (χ4v) is 2.62. The molecule has 2 rings (SSSR count). The van der Waals surface area contributed by atoms with Gasteiger partial charge in [-0.2, -0.15) is 0 Å². The van der Waals surface area contributed by atoms with Gasteiger partial charge in [-0.3, -0.25) is 0 Å². The Morgan fingerprint density at radius 1 is 1.28 bits per heavy atom. The van der Waals surface area contributed by atoms with Crippen molar-refractivity contribution in [3.05, 3.63) is 60.0 Å². The average molecular weight is 358 g/mol. The summed E-state index contributed by atoms with van der Waals surface area (Å²) in [6.07, 6.45) is 13.0. The Kier molecular flexibility index (Phi) is 7.86. The quantitative estimate of drug-likeness (QED) is 0.653. The van der Waals surface area contributed by atoms with E-state index in [1.165, 1.54) is 12.1 Å². The van der Waals surface area contributed by atoms with Crippen LogP contribution in [0.2, 0.25) is 0 Å². The lowest BCUT2D eigenvalue weighted by atomic mass is 10.0. The third-order valence-electron chi connectivity index (χ3n) is 3.16. The second-order valence-corrected chi connectivity index (χ2v) is 6.64. The van der Waals surface area contributed by atoms with Crippen LogP contribution in [0, 0.1) is 19.3 Å². The van der Waals surface area contributed by atoms with Crippen LogP contribution in [0.1, 0.15) is 25.3 Å². The van der Waals surface area contributed by atoms with Crippen molar-refractivity contribution in [3.63, 3.8) is 0 Å². The molecule has 0 saturated heterocycles. The van der Waals surface area contributed by atoms with Gasteiger partial charge in [-0.1, -0.05) is 41.6 Å². The third-order valence-corrected chi connectivity index (χ3v) is 4.09. The number of nitrogens with zero attached hydrogens (tertiary/aromatic N) is 1. The number of aryl methyl sites for hydroxylation is 1. The van der Waals surface area contributed by atoms with Gasteiger partial charge < -0.3 is 4.52 Å². The zero-order valence-corrected chi connectivity index (χ0v) is 15.4. The van der Waals surface area contributed by atoms with Crippen molar-refractivity contribution in [1.82, 2.24) is 5.16 Å². The number of benzene rings is 1. The number of nitrogens with two attached hydrogens (primary N) is 1. The van der Waals surface area contributed by atoms with Gasteiger partial charge in [0.25, 0.3) is 0 Å². The van der Waals surface area contributed by atoms with Crippen molar-refractivity contribution < 1.29 is 12.9 Å². The monoisotopic (exact) mass is 358 g/mol. The van der Waals surface area contributed by atoms with Gasteiger partial charge in [0, 0.05) is 12.0 Å². The van der Waals surface area contributed by atoms with Crippen LogP contribution in [-0.4, -0.2) is 13.6 Å². The first-order chi connectivity index (χ1) is 11.8. The average Bonchev–Trinajstić information content (AvgIpc) is 2.92. The summed E-state index contributed by atoms with van der Waals surface area (Å²) in [5, 5.41) is 9.17. The third kappa shape index (κ3) is 6.07. The molecule has 0 atom stereocenters. The van der Waals surface area contributed by atoms with Gasteiger partial charge in [0.15, 0.2) is 0 Å². The molecule has 1 aromatic heterocycles. The number of aromatic nitrogens is 1. The summed E-state index contributed by atoms with van der Waals surface area (Å²) in [6, 6.07) is 6.38. The fourth-order valence-electron chi connectivity index (χ4n) is 2.11. The highest BCUT2D eigenvalue weighted by Crippen LogP contribution is 2.28. The molecule has 0 aliphatic heterocycles. The number of sulfonamides is 1. The van der Waals surface area contributed by atoms with E-state index in [0.717, 1.165) is 16.8 Å².